The van der Waals surface area contributed by atoms with Gasteiger partial charge in [-0.2, -0.15) is 0 Å². The van der Waals surface area contributed by atoms with E-state index in [-0.39, 0.29) is 23.9 Å². The molecule has 0 aromatic heterocycles. The van der Waals surface area contributed by atoms with Crippen LogP contribution in [0.3, 0.4) is 0 Å². The van der Waals surface area contributed by atoms with Gasteiger partial charge in [0.05, 0.1) is 44.3 Å². The second-order valence-electron chi connectivity index (χ2n) is 7.71. The van der Waals surface area contributed by atoms with Crippen LogP contribution in [0.5, 0.6) is 11.5 Å². The van der Waals surface area contributed by atoms with Crippen LogP contribution in [0.4, 0.5) is 11.4 Å². The van der Waals surface area contributed by atoms with Crippen LogP contribution in [0.25, 0.3) is 0 Å². The highest BCUT2D eigenvalue weighted by Gasteiger charge is 2.24. The van der Waals surface area contributed by atoms with Gasteiger partial charge in [0.1, 0.15) is 11.5 Å². The van der Waals surface area contributed by atoms with E-state index in [0.717, 1.165) is 11.8 Å². The lowest BCUT2D eigenvalue weighted by Crippen LogP contribution is -2.29. The van der Waals surface area contributed by atoms with Crippen LogP contribution in [0.2, 0.25) is 5.02 Å². The Morgan fingerprint density at radius 2 is 1.63 bits per heavy atom. The van der Waals surface area contributed by atoms with Crippen LogP contribution in [-0.4, -0.2) is 41.9 Å². The number of nitrogens with zero attached hydrogens (tertiary/aromatic N) is 1. The van der Waals surface area contributed by atoms with Crippen LogP contribution in [0.1, 0.15) is 21.5 Å². The summed E-state index contributed by atoms with van der Waals surface area (Å²) in [5.41, 5.74) is 2.98. The number of hydrogen-bond acceptors (Lipinski definition) is 6. The zero-order chi connectivity index (χ0) is 25.6. The van der Waals surface area contributed by atoms with Gasteiger partial charge in [0.2, 0.25) is 10.0 Å². The molecule has 3 aromatic carbocycles. The fraction of sp³-hybridized carbons (Fsp3) is 0.240. The largest absolute Gasteiger partial charge is 0.495 e. The van der Waals surface area contributed by atoms with E-state index in [4.69, 9.17) is 25.8 Å². The minimum absolute atomic E-state index is 0.0148. The molecule has 10 heteroatoms. The third-order valence-electron chi connectivity index (χ3n) is 5.16. The maximum Gasteiger partial charge on any atom is 0.255 e. The number of methoxy groups -OCH3 is 3. The first-order valence-electron chi connectivity index (χ1n) is 10.5. The first-order valence-corrected chi connectivity index (χ1v) is 12.8. The third-order valence-corrected chi connectivity index (χ3v) is 6.58. The number of benzene rings is 3. The van der Waals surface area contributed by atoms with Gasteiger partial charge in [0.15, 0.2) is 0 Å². The summed E-state index contributed by atoms with van der Waals surface area (Å²) in [5.74, 6) is 0.320. The van der Waals surface area contributed by atoms with E-state index in [1.54, 1.807) is 37.4 Å². The number of amides is 1. The lowest BCUT2D eigenvalue weighted by Gasteiger charge is -2.25. The molecule has 0 aliphatic carbocycles. The molecule has 0 heterocycles. The highest BCUT2D eigenvalue weighted by molar-refractivity contribution is 7.92. The molecular formula is C25H27ClN2O6S. The average Bonchev–Trinajstić information content (AvgIpc) is 2.82. The number of sulfonamides is 1. The van der Waals surface area contributed by atoms with Crippen molar-refractivity contribution in [2.75, 3.05) is 37.2 Å². The van der Waals surface area contributed by atoms with Gasteiger partial charge in [0, 0.05) is 30.5 Å². The van der Waals surface area contributed by atoms with Crippen molar-refractivity contribution in [1.29, 1.82) is 0 Å². The molecule has 0 bridgehead atoms. The van der Waals surface area contributed by atoms with Gasteiger partial charge in [-0.05, 0) is 35.4 Å². The molecule has 0 radical (unpaired) electrons. The van der Waals surface area contributed by atoms with Crippen molar-refractivity contribution in [3.63, 3.8) is 0 Å². The smallest absolute Gasteiger partial charge is 0.255 e. The number of anilines is 2. The molecule has 1 N–H and O–H groups in total. The number of carbonyl (C=O) groups is 1. The predicted octanol–water partition coefficient (Wildman–Crippen LogP) is 4.72. The molecule has 3 rings (SSSR count). The van der Waals surface area contributed by atoms with Gasteiger partial charge in [-0.15, -0.1) is 0 Å². The van der Waals surface area contributed by atoms with Gasteiger partial charge in [-0.3, -0.25) is 9.10 Å². The van der Waals surface area contributed by atoms with Crippen molar-refractivity contribution in [3.05, 3.63) is 82.4 Å². The van der Waals surface area contributed by atoms with Crippen LogP contribution in [0.15, 0.2) is 60.7 Å². The first-order chi connectivity index (χ1) is 16.7. The Morgan fingerprint density at radius 3 is 2.23 bits per heavy atom. The van der Waals surface area contributed by atoms with E-state index in [2.05, 4.69) is 5.32 Å². The molecule has 8 nitrogen and oxygen atoms in total. The zero-order valence-electron chi connectivity index (χ0n) is 19.9. The monoisotopic (exact) mass is 518 g/mol. The summed E-state index contributed by atoms with van der Waals surface area (Å²) in [6.07, 6.45) is 1.10. The summed E-state index contributed by atoms with van der Waals surface area (Å²) >= 11 is 6.17. The van der Waals surface area contributed by atoms with E-state index in [1.807, 2.05) is 18.2 Å². The second-order valence-corrected chi connectivity index (χ2v) is 10.0. The molecule has 0 atom stereocenters. The normalized spacial score (nSPS) is 11.1. The average molecular weight is 519 g/mol. The molecule has 0 saturated carbocycles. The fourth-order valence-corrected chi connectivity index (χ4v) is 4.57. The number of ether oxygens (including phenoxy) is 3. The van der Waals surface area contributed by atoms with Crippen LogP contribution in [-0.2, 0) is 27.9 Å². The van der Waals surface area contributed by atoms with E-state index >= 15 is 0 Å². The lowest BCUT2D eigenvalue weighted by molar-refractivity contribution is 0.102. The molecule has 0 aliphatic heterocycles. The Balaban J connectivity index is 1.83. The molecule has 0 aliphatic rings. The molecule has 0 unspecified atom stereocenters. The van der Waals surface area contributed by atoms with Crippen LogP contribution in [0, 0.1) is 0 Å². The quantitative estimate of drug-likeness (QED) is 0.417. The minimum Gasteiger partial charge on any atom is -0.495 e. The molecule has 0 saturated heterocycles. The highest BCUT2D eigenvalue weighted by atomic mass is 35.5. The Morgan fingerprint density at radius 1 is 0.943 bits per heavy atom. The fourth-order valence-electron chi connectivity index (χ4n) is 3.46. The maximum atomic E-state index is 12.7. The maximum absolute atomic E-state index is 12.7. The summed E-state index contributed by atoms with van der Waals surface area (Å²) in [5, 5.41) is 3.15. The second kappa shape index (κ2) is 11.4. The van der Waals surface area contributed by atoms with Crippen LogP contribution < -0.4 is 19.1 Å². The van der Waals surface area contributed by atoms with Gasteiger partial charge >= 0.3 is 0 Å². The van der Waals surface area contributed by atoms with E-state index < -0.39 is 10.0 Å². The van der Waals surface area contributed by atoms with Crippen molar-refractivity contribution >= 4 is 38.9 Å². The number of nitrogens with one attached hydrogen (secondary N) is 1. The van der Waals surface area contributed by atoms with Crippen LogP contribution >= 0.6 is 11.6 Å². The van der Waals surface area contributed by atoms with Gasteiger partial charge in [-0.25, -0.2) is 8.42 Å². The van der Waals surface area contributed by atoms with Gasteiger partial charge in [0.25, 0.3) is 5.91 Å². The Hall–Kier alpha value is -3.27. The first kappa shape index (κ1) is 26.3. The summed E-state index contributed by atoms with van der Waals surface area (Å²) in [6.45, 7) is 0.459. The molecular weight excluding hydrogens is 492 g/mol. The Kier molecular flexibility index (Phi) is 8.61. The number of carbonyl (C=O) groups excluding carboxylic acids is 1. The molecule has 3 aromatic rings. The van der Waals surface area contributed by atoms with E-state index in [0.29, 0.717) is 34.2 Å². The summed E-state index contributed by atoms with van der Waals surface area (Å²) in [4.78, 5) is 12.7. The highest BCUT2D eigenvalue weighted by Crippen LogP contribution is 2.39. The SMILES string of the molecule is COCc1cccc(NC(=O)c2ccc(CN(c3cc(OC)c(Cl)cc3OC)S(C)(=O)=O)cc2)c1. The van der Waals surface area contributed by atoms with Crippen molar-refractivity contribution < 1.29 is 27.4 Å². The van der Waals surface area contributed by atoms with Crippen molar-refractivity contribution in [2.24, 2.45) is 0 Å². The molecule has 0 spiro atoms. The number of halogens is 1. The van der Waals surface area contributed by atoms with E-state index in [1.165, 1.54) is 30.7 Å². The molecule has 1 amide bonds. The number of rotatable bonds is 10. The minimum atomic E-state index is -3.70. The summed E-state index contributed by atoms with van der Waals surface area (Å²) in [6, 6.07) is 17.1. The van der Waals surface area contributed by atoms with Gasteiger partial charge < -0.3 is 19.5 Å². The Bertz CT molecular complexity index is 1300. The number of hydrogen-bond donors (Lipinski definition) is 1. The summed E-state index contributed by atoms with van der Waals surface area (Å²) in [7, 11) is 0.786. The Labute approximate surface area is 210 Å². The molecule has 0 fully saturated rings. The third kappa shape index (κ3) is 6.66. The lowest BCUT2D eigenvalue weighted by atomic mass is 10.1. The topological polar surface area (TPSA) is 94.2 Å². The van der Waals surface area contributed by atoms with Crippen molar-refractivity contribution in [2.45, 2.75) is 13.2 Å². The zero-order valence-corrected chi connectivity index (χ0v) is 21.4. The van der Waals surface area contributed by atoms with E-state index in [9.17, 15) is 13.2 Å². The van der Waals surface area contributed by atoms with Crippen molar-refractivity contribution in [3.8, 4) is 11.5 Å². The van der Waals surface area contributed by atoms with Crippen molar-refractivity contribution in [1.82, 2.24) is 0 Å². The molecule has 35 heavy (non-hydrogen) atoms. The summed E-state index contributed by atoms with van der Waals surface area (Å²) < 4.78 is 42.3. The molecule has 186 valence electrons. The van der Waals surface area contributed by atoms with Gasteiger partial charge in [-0.1, -0.05) is 35.9 Å². The predicted molar refractivity (Wildman–Crippen MR) is 137 cm³/mol. The standard InChI is InChI=1S/C25H27ClN2O6S/c1-32-16-18-6-5-7-20(12-18)27-25(29)19-10-8-17(9-11-19)15-28(35(4,30)31)22-14-23(33-2)21(26)13-24(22)34-3/h5-14H,15-16H2,1-4H3,(H,27,29).